The van der Waals surface area contributed by atoms with Crippen LogP contribution in [-0.2, 0) is 12.5 Å². The highest BCUT2D eigenvalue weighted by Crippen LogP contribution is 2.22. The highest BCUT2D eigenvalue weighted by molar-refractivity contribution is 7.07. The molecule has 0 bridgehead atoms. The summed E-state index contributed by atoms with van der Waals surface area (Å²) in [6.07, 6.45) is 6.74. The quantitative estimate of drug-likeness (QED) is 0.720. The number of aromatic nitrogens is 3. The zero-order chi connectivity index (χ0) is 18.9. The predicted octanol–water partition coefficient (Wildman–Crippen LogP) is 1.96. The molecule has 26 heavy (non-hydrogen) atoms. The van der Waals surface area contributed by atoms with Gasteiger partial charge in [-0.2, -0.15) is 5.10 Å². The highest BCUT2D eigenvalue weighted by Gasteiger charge is 2.13. The number of H-pyrrole nitrogens is 1. The molecule has 6 heteroatoms. The maximum Gasteiger partial charge on any atom is 0.266 e. The molecule has 0 radical (unpaired) electrons. The van der Waals surface area contributed by atoms with Crippen LogP contribution < -0.4 is 14.8 Å². The number of nitrogens with zero attached hydrogens (tertiary/aromatic N) is 2. The van der Waals surface area contributed by atoms with E-state index in [9.17, 15) is 9.59 Å². The van der Waals surface area contributed by atoms with E-state index in [2.05, 4.69) is 30.9 Å². The lowest BCUT2D eigenvalue weighted by molar-refractivity contribution is 0.106. The van der Waals surface area contributed by atoms with Crippen LogP contribution in [0.4, 0.5) is 0 Å². The Kier molecular flexibility index (Phi) is 4.78. The van der Waals surface area contributed by atoms with Crippen molar-refractivity contribution in [1.29, 1.82) is 0 Å². The first-order chi connectivity index (χ1) is 12.2. The summed E-state index contributed by atoms with van der Waals surface area (Å²) in [5.74, 6) is -0.129. The monoisotopic (exact) mass is 367 g/mol. The molecule has 3 aromatic rings. The number of hydrogen-bond donors (Lipinski definition) is 1. The molecule has 3 rings (SSSR count). The van der Waals surface area contributed by atoms with Crippen LogP contribution in [0.3, 0.4) is 0 Å². The molecule has 0 amide bonds. The molecule has 5 nitrogen and oxygen atoms in total. The molecule has 0 spiro atoms. The van der Waals surface area contributed by atoms with Crippen LogP contribution in [0.5, 0.6) is 0 Å². The second-order valence-corrected chi connectivity index (χ2v) is 8.30. The smallest absolute Gasteiger partial charge is 0.266 e. The summed E-state index contributed by atoms with van der Waals surface area (Å²) >= 11 is 1.26. The van der Waals surface area contributed by atoms with Crippen molar-refractivity contribution >= 4 is 29.3 Å². The van der Waals surface area contributed by atoms with Gasteiger partial charge >= 0.3 is 0 Å². The normalized spacial score (nSPS) is 13.4. The van der Waals surface area contributed by atoms with E-state index in [1.165, 1.54) is 23.0 Å². The predicted molar refractivity (Wildman–Crippen MR) is 105 cm³/mol. The summed E-state index contributed by atoms with van der Waals surface area (Å²) < 4.78 is 2.75. The number of ketones is 1. The Hall–Kier alpha value is -2.73. The Balaban J connectivity index is 1.91. The van der Waals surface area contributed by atoms with Gasteiger partial charge in [-0.05, 0) is 17.1 Å². The SMILES string of the molecule is Cn1cc(C=c2sc(=CC(=O)c3ccc(C(C)(C)C)cc3)[nH]c2=O)cn1. The van der Waals surface area contributed by atoms with Gasteiger partial charge < -0.3 is 4.98 Å². The third-order valence-electron chi connectivity index (χ3n) is 4.00. The number of nitrogens with one attached hydrogen (secondary N) is 1. The van der Waals surface area contributed by atoms with E-state index < -0.39 is 0 Å². The van der Waals surface area contributed by atoms with Crippen LogP contribution in [0.1, 0.15) is 42.3 Å². The minimum absolute atomic E-state index is 0.0430. The van der Waals surface area contributed by atoms with Crippen molar-refractivity contribution in [3.05, 3.63) is 72.9 Å². The van der Waals surface area contributed by atoms with Crippen molar-refractivity contribution in [1.82, 2.24) is 14.8 Å². The second-order valence-electron chi connectivity index (χ2n) is 7.21. The van der Waals surface area contributed by atoms with Crippen molar-refractivity contribution in [3.63, 3.8) is 0 Å². The van der Waals surface area contributed by atoms with Crippen molar-refractivity contribution < 1.29 is 4.79 Å². The summed E-state index contributed by atoms with van der Waals surface area (Å²) in [7, 11) is 1.82. The first kappa shape index (κ1) is 18.1. The molecule has 134 valence electrons. The Bertz CT molecular complexity index is 1110. The van der Waals surface area contributed by atoms with E-state index in [0.717, 1.165) is 5.56 Å². The number of carbonyl (C=O) groups excluding carboxylic acids is 1. The molecule has 0 atom stereocenters. The van der Waals surface area contributed by atoms with Crippen molar-refractivity contribution in [2.24, 2.45) is 7.05 Å². The van der Waals surface area contributed by atoms with Gasteiger partial charge in [-0.3, -0.25) is 14.3 Å². The summed E-state index contributed by atoms with van der Waals surface area (Å²) in [5, 5.41) is 4.08. The van der Waals surface area contributed by atoms with Gasteiger partial charge in [0.05, 0.1) is 15.4 Å². The van der Waals surface area contributed by atoms with E-state index >= 15 is 0 Å². The fourth-order valence-corrected chi connectivity index (χ4v) is 3.41. The first-order valence-electron chi connectivity index (χ1n) is 8.28. The third kappa shape index (κ3) is 4.08. The van der Waals surface area contributed by atoms with Crippen LogP contribution in [0.25, 0.3) is 12.2 Å². The van der Waals surface area contributed by atoms with E-state index in [0.29, 0.717) is 14.8 Å². The van der Waals surface area contributed by atoms with Crippen molar-refractivity contribution in [2.75, 3.05) is 0 Å². The number of carbonyl (C=O) groups is 1. The fraction of sp³-hybridized carbons (Fsp3) is 0.250. The summed E-state index contributed by atoms with van der Waals surface area (Å²) in [5.41, 5.74) is 2.45. The van der Waals surface area contributed by atoms with Gasteiger partial charge in [-0.1, -0.05) is 45.0 Å². The maximum absolute atomic E-state index is 12.5. The lowest BCUT2D eigenvalue weighted by Gasteiger charge is -2.18. The fourth-order valence-electron chi connectivity index (χ4n) is 2.53. The van der Waals surface area contributed by atoms with Crippen LogP contribution >= 0.6 is 11.3 Å². The molecule has 2 aromatic heterocycles. The molecule has 0 aliphatic carbocycles. The van der Waals surface area contributed by atoms with E-state index in [4.69, 9.17) is 0 Å². The summed E-state index contributed by atoms with van der Waals surface area (Å²) in [6, 6.07) is 7.60. The highest BCUT2D eigenvalue weighted by atomic mass is 32.1. The average Bonchev–Trinajstić information content (AvgIpc) is 3.13. The number of benzene rings is 1. The number of aryl methyl sites for hydroxylation is 1. The van der Waals surface area contributed by atoms with E-state index in [1.807, 2.05) is 37.5 Å². The van der Waals surface area contributed by atoms with Gasteiger partial charge in [0, 0.05) is 30.4 Å². The number of hydrogen-bond acceptors (Lipinski definition) is 4. The number of thiazole rings is 1. The van der Waals surface area contributed by atoms with Gasteiger partial charge in [0.25, 0.3) is 5.56 Å². The zero-order valence-electron chi connectivity index (χ0n) is 15.2. The summed E-state index contributed by atoms with van der Waals surface area (Å²) in [4.78, 5) is 27.3. The van der Waals surface area contributed by atoms with Gasteiger partial charge in [0.2, 0.25) is 0 Å². The molecule has 0 fully saturated rings. The van der Waals surface area contributed by atoms with Crippen LogP contribution in [0.2, 0.25) is 0 Å². The minimum atomic E-state index is -0.207. The Labute approximate surface area is 155 Å². The van der Waals surface area contributed by atoms with E-state index in [1.54, 1.807) is 17.0 Å². The van der Waals surface area contributed by atoms with Gasteiger partial charge in [0.1, 0.15) is 0 Å². The molecule has 1 aromatic carbocycles. The van der Waals surface area contributed by atoms with E-state index in [-0.39, 0.29) is 16.8 Å². The molecule has 0 saturated heterocycles. The number of Topliss-reactive ketones (excluding diaryl/α,β-unsaturated/α-hetero) is 1. The lowest BCUT2D eigenvalue weighted by Crippen LogP contribution is -2.19. The standard InChI is InChI=1S/C20H21N3O2S/c1-20(2,3)15-7-5-14(6-8-15)16(24)10-18-22-19(25)17(26-18)9-13-11-21-23(4)12-13/h5-12H,1-4H3,(H,22,25). The number of rotatable bonds is 3. The van der Waals surface area contributed by atoms with Crippen molar-refractivity contribution in [2.45, 2.75) is 26.2 Å². The average molecular weight is 367 g/mol. The largest absolute Gasteiger partial charge is 0.313 e. The molecule has 0 unspecified atom stereocenters. The molecule has 0 aliphatic rings. The van der Waals surface area contributed by atoms with Crippen molar-refractivity contribution in [3.8, 4) is 0 Å². The lowest BCUT2D eigenvalue weighted by atomic mass is 9.86. The Morgan fingerprint density at radius 1 is 1.23 bits per heavy atom. The van der Waals surface area contributed by atoms with Crippen LogP contribution in [0.15, 0.2) is 41.5 Å². The molecular formula is C20H21N3O2S. The van der Waals surface area contributed by atoms with Gasteiger partial charge in [-0.25, -0.2) is 0 Å². The van der Waals surface area contributed by atoms with Crippen LogP contribution in [0, 0.1) is 0 Å². The van der Waals surface area contributed by atoms with Crippen LogP contribution in [-0.4, -0.2) is 20.5 Å². The van der Waals surface area contributed by atoms with Gasteiger partial charge in [0.15, 0.2) is 5.78 Å². The molecule has 0 saturated carbocycles. The Morgan fingerprint density at radius 3 is 2.50 bits per heavy atom. The van der Waals surface area contributed by atoms with Gasteiger partial charge in [-0.15, -0.1) is 11.3 Å². The number of aromatic amines is 1. The first-order valence-corrected chi connectivity index (χ1v) is 9.10. The molecule has 0 aliphatic heterocycles. The Morgan fingerprint density at radius 2 is 1.92 bits per heavy atom. The minimum Gasteiger partial charge on any atom is -0.313 e. The topological polar surface area (TPSA) is 67.8 Å². The molecule has 2 heterocycles. The third-order valence-corrected chi connectivity index (χ3v) is 4.96. The maximum atomic E-state index is 12.5. The summed E-state index contributed by atoms with van der Waals surface area (Å²) in [6.45, 7) is 6.39. The molecular weight excluding hydrogens is 346 g/mol. The zero-order valence-corrected chi connectivity index (χ0v) is 16.1. The second kappa shape index (κ2) is 6.88. The molecule has 1 N–H and O–H groups in total.